The van der Waals surface area contributed by atoms with Crippen molar-refractivity contribution in [3.05, 3.63) is 23.3 Å². The predicted molar refractivity (Wildman–Crippen MR) is 81.4 cm³/mol. The highest BCUT2D eigenvalue weighted by Gasteiger charge is 2.30. The minimum atomic E-state index is 0.740. The molecule has 0 unspecified atom stereocenters. The molecule has 2 fully saturated rings. The number of ether oxygens (including phenoxy) is 1. The van der Waals surface area contributed by atoms with Gasteiger partial charge in [-0.05, 0) is 43.6 Å². The summed E-state index contributed by atoms with van der Waals surface area (Å²) in [6.45, 7) is 5.48. The first-order valence-corrected chi connectivity index (χ1v) is 8.53. The summed E-state index contributed by atoms with van der Waals surface area (Å²) >= 11 is 0. The highest BCUT2D eigenvalue weighted by atomic mass is 16.5. The molecule has 1 saturated heterocycles. The maximum atomic E-state index is 5.48. The van der Waals surface area contributed by atoms with E-state index in [4.69, 9.17) is 4.74 Å². The summed E-state index contributed by atoms with van der Waals surface area (Å²) in [5, 5.41) is 0. The van der Waals surface area contributed by atoms with Gasteiger partial charge >= 0.3 is 0 Å². The summed E-state index contributed by atoms with van der Waals surface area (Å²) in [6, 6.07) is 0. The molecule has 0 bridgehead atoms. The van der Waals surface area contributed by atoms with Gasteiger partial charge in [-0.15, -0.1) is 0 Å². The van der Waals surface area contributed by atoms with Crippen LogP contribution < -0.4 is 0 Å². The third-order valence-corrected chi connectivity index (χ3v) is 5.23. The normalized spacial score (nSPS) is 24.6. The van der Waals surface area contributed by atoms with Gasteiger partial charge in [-0.25, -0.2) is 9.97 Å². The average Bonchev–Trinajstić information content (AvgIpc) is 3.36. The fraction of sp³-hybridized carbons (Fsp3) is 0.765. The molecule has 0 aromatic carbocycles. The van der Waals surface area contributed by atoms with E-state index in [9.17, 15) is 0 Å². The van der Waals surface area contributed by atoms with Crippen LogP contribution in [0.25, 0.3) is 0 Å². The Morgan fingerprint density at radius 2 is 1.86 bits per heavy atom. The number of fused-ring (bicyclic) bond motifs is 1. The van der Waals surface area contributed by atoms with E-state index in [1.165, 1.54) is 55.7 Å². The SMILES string of the molecule is c1nc2c(c(C3CC3)n1)CCN(CC1CCOCC1)CC2. The highest BCUT2D eigenvalue weighted by Crippen LogP contribution is 2.41. The van der Waals surface area contributed by atoms with E-state index in [0.717, 1.165) is 44.4 Å². The number of hydrogen-bond acceptors (Lipinski definition) is 4. The quantitative estimate of drug-likeness (QED) is 0.854. The maximum absolute atomic E-state index is 5.48. The summed E-state index contributed by atoms with van der Waals surface area (Å²) < 4.78 is 5.48. The Labute approximate surface area is 126 Å². The fourth-order valence-corrected chi connectivity index (χ4v) is 3.78. The fourth-order valence-electron chi connectivity index (χ4n) is 3.78. The van der Waals surface area contributed by atoms with E-state index in [0.29, 0.717) is 0 Å². The van der Waals surface area contributed by atoms with Crippen molar-refractivity contribution in [3.8, 4) is 0 Å². The molecule has 114 valence electrons. The molecule has 1 aliphatic carbocycles. The zero-order chi connectivity index (χ0) is 14.1. The van der Waals surface area contributed by atoms with Crippen LogP contribution in [0.3, 0.4) is 0 Å². The molecule has 2 aliphatic heterocycles. The van der Waals surface area contributed by atoms with Crippen LogP contribution in [-0.2, 0) is 17.6 Å². The third-order valence-electron chi connectivity index (χ3n) is 5.23. The van der Waals surface area contributed by atoms with Crippen LogP contribution >= 0.6 is 0 Å². The molecule has 0 N–H and O–H groups in total. The molecule has 4 heteroatoms. The van der Waals surface area contributed by atoms with Crippen LogP contribution in [0, 0.1) is 5.92 Å². The van der Waals surface area contributed by atoms with Gasteiger partial charge in [-0.2, -0.15) is 0 Å². The number of hydrogen-bond donors (Lipinski definition) is 0. The lowest BCUT2D eigenvalue weighted by atomic mass is 9.99. The summed E-state index contributed by atoms with van der Waals surface area (Å²) in [5.41, 5.74) is 4.17. The first-order valence-electron chi connectivity index (χ1n) is 8.53. The predicted octanol–water partition coefficient (Wildman–Crippen LogP) is 2.18. The highest BCUT2D eigenvalue weighted by molar-refractivity contribution is 5.31. The summed E-state index contributed by atoms with van der Waals surface area (Å²) in [5.74, 6) is 1.57. The number of nitrogens with zero attached hydrogens (tertiary/aromatic N) is 3. The first-order chi connectivity index (χ1) is 10.4. The van der Waals surface area contributed by atoms with Crippen molar-refractivity contribution in [1.29, 1.82) is 0 Å². The monoisotopic (exact) mass is 287 g/mol. The van der Waals surface area contributed by atoms with Crippen molar-refractivity contribution in [2.75, 3.05) is 32.8 Å². The van der Waals surface area contributed by atoms with Crippen molar-refractivity contribution < 1.29 is 4.74 Å². The van der Waals surface area contributed by atoms with Crippen molar-refractivity contribution in [1.82, 2.24) is 14.9 Å². The lowest BCUT2D eigenvalue weighted by Gasteiger charge is -2.28. The van der Waals surface area contributed by atoms with E-state index >= 15 is 0 Å². The lowest BCUT2D eigenvalue weighted by molar-refractivity contribution is 0.0530. The van der Waals surface area contributed by atoms with Gasteiger partial charge < -0.3 is 9.64 Å². The molecule has 3 aliphatic rings. The molecule has 0 spiro atoms. The van der Waals surface area contributed by atoms with Crippen LogP contribution in [0.1, 0.15) is 48.6 Å². The first kappa shape index (κ1) is 13.6. The molecule has 0 atom stereocenters. The molecular weight excluding hydrogens is 262 g/mol. The Morgan fingerprint density at radius 1 is 1.05 bits per heavy atom. The van der Waals surface area contributed by atoms with Crippen LogP contribution in [0.15, 0.2) is 6.33 Å². The second-order valence-corrected chi connectivity index (χ2v) is 6.81. The Bertz CT molecular complexity index is 495. The van der Waals surface area contributed by atoms with Crippen molar-refractivity contribution in [3.63, 3.8) is 0 Å². The average molecular weight is 287 g/mol. The second kappa shape index (κ2) is 6.01. The Hall–Kier alpha value is -1.00. The van der Waals surface area contributed by atoms with Gasteiger partial charge in [0.15, 0.2) is 0 Å². The second-order valence-electron chi connectivity index (χ2n) is 6.81. The summed E-state index contributed by atoms with van der Waals surface area (Å²) in [7, 11) is 0. The van der Waals surface area contributed by atoms with E-state index in [2.05, 4.69) is 14.9 Å². The Kier molecular flexibility index (Phi) is 3.91. The third kappa shape index (κ3) is 3.11. The molecule has 4 rings (SSSR count). The van der Waals surface area contributed by atoms with Crippen LogP contribution in [0.5, 0.6) is 0 Å². The molecule has 1 aromatic rings. The van der Waals surface area contributed by atoms with Gasteiger partial charge in [0.05, 0.1) is 5.69 Å². The lowest BCUT2D eigenvalue weighted by Crippen LogP contribution is -2.34. The smallest absolute Gasteiger partial charge is 0.115 e. The maximum Gasteiger partial charge on any atom is 0.115 e. The molecular formula is C17H25N3O. The largest absolute Gasteiger partial charge is 0.381 e. The molecule has 0 radical (unpaired) electrons. The summed E-state index contributed by atoms with van der Waals surface area (Å²) in [4.78, 5) is 11.8. The van der Waals surface area contributed by atoms with Crippen LogP contribution in [-0.4, -0.2) is 47.7 Å². The molecule has 1 saturated carbocycles. The van der Waals surface area contributed by atoms with Gasteiger partial charge in [0, 0.05) is 50.9 Å². The number of aromatic nitrogens is 2. The van der Waals surface area contributed by atoms with Crippen molar-refractivity contribution in [2.24, 2.45) is 5.92 Å². The molecule has 3 heterocycles. The number of rotatable bonds is 3. The van der Waals surface area contributed by atoms with Crippen molar-refractivity contribution in [2.45, 2.75) is 44.4 Å². The van der Waals surface area contributed by atoms with Crippen LogP contribution in [0.4, 0.5) is 0 Å². The zero-order valence-corrected chi connectivity index (χ0v) is 12.8. The zero-order valence-electron chi connectivity index (χ0n) is 12.8. The topological polar surface area (TPSA) is 38.2 Å². The molecule has 0 amide bonds. The minimum Gasteiger partial charge on any atom is -0.381 e. The molecule has 21 heavy (non-hydrogen) atoms. The summed E-state index contributed by atoms with van der Waals surface area (Å²) in [6.07, 6.45) is 9.16. The van der Waals surface area contributed by atoms with E-state index in [1.54, 1.807) is 6.33 Å². The van der Waals surface area contributed by atoms with Gasteiger partial charge in [0.25, 0.3) is 0 Å². The van der Waals surface area contributed by atoms with Gasteiger partial charge in [0.1, 0.15) is 6.33 Å². The van der Waals surface area contributed by atoms with Crippen molar-refractivity contribution >= 4 is 0 Å². The minimum absolute atomic E-state index is 0.740. The van der Waals surface area contributed by atoms with E-state index < -0.39 is 0 Å². The van der Waals surface area contributed by atoms with Crippen LogP contribution in [0.2, 0.25) is 0 Å². The molecule has 4 nitrogen and oxygen atoms in total. The molecule has 1 aromatic heterocycles. The van der Waals surface area contributed by atoms with Gasteiger partial charge in [0.2, 0.25) is 0 Å². The van der Waals surface area contributed by atoms with E-state index in [-0.39, 0.29) is 0 Å². The van der Waals surface area contributed by atoms with E-state index in [1.807, 2.05) is 0 Å². The Balaban J connectivity index is 1.43. The van der Waals surface area contributed by atoms with Gasteiger partial charge in [-0.3, -0.25) is 0 Å². The standard InChI is InChI=1S/C17H25N3O/c1-2-14(1)17-15-3-7-20(8-4-16(15)18-12-19-17)11-13-5-9-21-10-6-13/h12-14H,1-11H2. The Morgan fingerprint density at radius 3 is 2.67 bits per heavy atom. The van der Waals surface area contributed by atoms with Gasteiger partial charge in [-0.1, -0.05) is 0 Å².